The summed E-state index contributed by atoms with van der Waals surface area (Å²) in [5, 5.41) is 2.22. The van der Waals surface area contributed by atoms with E-state index in [4.69, 9.17) is 0 Å². The van der Waals surface area contributed by atoms with Crippen LogP contribution < -0.4 is 5.32 Å². The number of hydrogen-bond acceptors (Lipinski definition) is 3. The Morgan fingerprint density at radius 2 is 1.25 bits per heavy atom. The van der Waals surface area contributed by atoms with Gasteiger partial charge in [-0.1, -0.05) is 84.5 Å². The van der Waals surface area contributed by atoms with Crippen LogP contribution in [-0.2, 0) is 10.1 Å². The van der Waals surface area contributed by atoms with Gasteiger partial charge >= 0.3 is 0 Å². The molecule has 0 radical (unpaired) electrons. The van der Waals surface area contributed by atoms with Gasteiger partial charge in [0.1, 0.15) is 5.37 Å². The Bertz CT molecular complexity index is 393. The summed E-state index contributed by atoms with van der Waals surface area (Å²) in [4.78, 5) is 0. The fraction of sp³-hybridized carbons (Fsp3) is 1.00. The van der Waals surface area contributed by atoms with Crippen molar-refractivity contribution in [3.8, 4) is 0 Å². The first-order chi connectivity index (χ1) is 11.2. The molecule has 2 N–H and O–H groups in total. The van der Waals surface area contributed by atoms with E-state index in [0.717, 1.165) is 12.8 Å². The second kappa shape index (κ2) is 13.1. The van der Waals surface area contributed by atoms with Crippen molar-refractivity contribution in [2.24, 2.45) is 0 Å². The Morgan fingerprint density at radius 3 is 1.62 bits per heavy atom. The summed E-state index contributed by atoms with van der Waals surface area (Å²) in [5.74, 6) is 0. The second-order valence-electron chi connectivity index (χ2n) is 7.73. The summed E-state index contributed by atoms with van der Waals surface area (Å²) in [6, 6.07) is 0. The third kappa shape index (κ3) is 13.2. The Balaban J connectivity index is 3.68. The predicted octanol–water partition coefficient (Wildman–Crippen LogP) is 5.68. The monoisotopic (exact) mass is 363 g/mol. The lowest BCUT2D eigenvalue weighted by molar-refractivity contribution is 0.319. The fourth-order valence-electron chi connectivity index (χ4n) is 3.13. The van der Waals surface area contributed by atoms with Gasteiger partial charge in [-0.15, -0.1) is 0 Å². The van der Waals surface area contributed by atoms with Gasteiger partial charge in [0.05, 0.1) is 0 Å². The number of rotatable bonds is 16. The van der Waals surface area contributed by atoms with Gasteiger partial charge in [-0.25, -0.2) is 0 Å². The van der Waals surface area contributed by atoms with E-state index in [1.54, 1.807) is 6.92 Å². The highest BCUT2D eigenvalue weighted by Crippen LogP contribution is 2.18. The molecule has 0 heterocycles. The summed E-state index contributed by atoms with van der Waals surface area (Å²) < 4.78 is 31.8. The maximum atomic E-state index is 11.3. The molecule has 24 heavy (non-hydrogen) atoms. The lowest BCUT2D eigenvalue weighted by Gasteiger charge is -2.30. The third-order valence-electron chi connectivity index (χ3n) is 4.69. The summed E-state index contributed by atoms with van der Waals surface area (Å²) >= 11 is 0. The Morgan fingerprint density at radius 1 is 0.833 bits per heavy atom. The van der Waals surface area contributed by atoms with Crippen LogP contribution in [-0.4, -0.2) is 23.9 Å². The quantitative estimate of drug-likeness (QED) is 0.273. The maximum absolute atomic E-state index is 11.3. The van der Waals surface area contributed by atoms with Crippen LogP contribution in [0.3, 0.4) is 0 Å². The van der Waals surface area contributed by atoms with Crippen LogP contribution in [0, 0.1) is 0 Å². The molecule has 0 saturated heterocycles. The summed E-state index contributed by atoms with van der Waals surface area (Å²) in [6.45, 7) is 8.04. The van der Waals surface area contributed by atoms with Gasteiger partial charge in [0, 0.05) is 5.54 Å². The van der Waals surface area contributed by atoms with Crippen molar-refractivity contribution in [2.75, 3.05) is 0 Å². The molecule has 0 spiro atoms. The lowest BCUT2D eigenvalue weighted by atomic mass is 9.95. The molecule has 0 aliphatic rings. The van der Waals surface area contributed by atoms with Crippen LogP contribution in [0.4, 0.5) is 0 Å². The van der Waals surface area contributed by atoms with E-state index >= 15 is 0 Å². The van der Waals surface area contributed by atoms with Crippen LogP contribution in [0.1, 0.15) is 111 Å². The topological polar surface area (TPSA) is 66.4 Å². The second-order valence-corrected chi connectivity index (χ2v) is 9.32. The van der Waals surface area contributed by atoms with Crippen molar-refractivity contribution in [3.05, 3.63) is 0 Å². The zero-order valence-electron chi connectivity index (χ0n) is 16.4. The van der Waals surface area contributed by atoms with Crippen molar-refractivity contribution >= 4 is 10.1 Å². The number of hydrogen-bond donors (Lipinski definition) is 2. The molecule has 4 nitrogen and oxygen atoms in total. The minimum atomic E-state index is -4.01. The van der Waals surface area contributed by atoms with Gasteiger partial charge in [-0.05, 0) is 26.7 Å². The molecule has 0 aromatic carbocycles. The van der Waals surface area contributed by atoms with Crippen LogP contribution in [0.2, 0.25) is 0 Å². The first-order valence-corrected chi connectivity index (χ1v) is 11.5. The lowest BCUT2D eigenvalue weighted by Crippen LogP contribution is -2.49. The van der Waals surface area contributed by atoms with Gasteiger partial charge in [0.25, 0.3) is 10.1 Å². The highest BCUT2D eigenvalue weighted by Gasteiger charge is 2.28. The molecule has 1 unspecified atom stereocenters. The van der Waals surface area contributed by atoms with Crippen molar-refractivity contribution in [3.63, 3.8) is 0 Å². The minimum absolute atomic E-state index is 0.268. The first-order valence-electron chi connectivity index (χ1n) is 9.97. The number of unbranched alkanes of at least 4 members (excludes halogenated alkanes) is 10. The van der Waals surface area contributed by atoms with E-state index < -0.39 is 15.5 Å². The molecule has 0 rings (SSSR count). The molecule has 0 saturated carbocycles. The van der Waals surface area contributed by atoms with Crippen molar-refractivity contribution in [1.82, 2.24) is 5.32 Å². The van der Waals surface area contributed by atoms with E-state index in [-0.39, 0.29) is 5.54 Å². The van der Waals surface area contributed by atoms with E-state index in [0.29, 0.717) is 6.42 Å². The van der Waals surface area contributed by atoms with E-state index in [9.17, 15) is 13.0 Å². The zero-order valence-corrected chi connectivity index (χ0v) is 17.3. The van der Waals surface area contributed by atoms with Gasteiger partial charge in [0.2, 0.25) is 0 Å². The van der Waals surface area contributed by atoms with E-state index in [2.05, 4.69) is 12.2 Å². The van der Waals surface area contributed by atoms with Gasteiger partial charge in [-0.2, -0.15) is 8.42 Å². The van der Waals surface area contributed by atoms with E-state index in [1.807, 2.05) is 13.8 Å². The van der Waals surface area contributed by atoms with Crippen LogP contribution >= 0.6 is 0 Å². The predicted molar refractivity (Wildman–Crippen MR) is 104 cm³/mol. The zero-order chi connectivity index (χ0) is 18.5. The van der Waals surface area contributed by atoms with Gasteiger partial charge in [-0.3, -0.25) is 9.87 Å². The fourth-order valence-corrected chi connectivity index (χ4v) is 4.02. The molecule has 5 heteroatoms. The third-order valence-corrected chi connectivity index (χ3v) is 5.86. The standard InChI is InChI=1S/C19H41NO3S/c1-5-7-8-9-10-11-12-13-14-15-16-17-19(3,4)20-18(6-2)24(21,22)23/h18,20H,5-17H2,1-4H3,(H,21,22,23). The van der Waals surface area contributed by atoms with E-state index in [1.165, 1.54) is 64.2 Å². The van der Waals surface area contributed by atoms with Crippen molar-refractivity contribution in [2.45, 2.75) is 122 Å². The van der Waals surface area contributed by atoms with Crippen molar-refractivity contribution in [1.29, 1.82) is 0 Å². The summed E-state index contributed by atoms with van der Waals surface area (Å²) in [5.41, 5.74) is -0.268. The SMILES string of the molecule is CCCCCCCCCCCCCC(C)(C)NC(CC)S(=O)(=O)O. The van der Waals surface area contributed by atoms with Crippen LogP contribution in [0.15, 0.2) is 0 Å². The maximum Gasteiger partial charge on any atom is 0.281 e. The molecule has 0 aromatic rings. The molecule has 0 aliphatic carbocycles. The van der Waals surface area contributed by atoms with Crippen LogP contribution in [0.25, 0.3) is 0 Å². The molecule has 1 atom stereocenters. The smallest absolute Gasteiger partial charge is 0.281 e. The molecule has 0 aliphatic heterocycles. The molecule has 146 valence electrons. The Kier molecular flexibility index (Phi) is 13.1. The van der Waals surface area contributed by atoms with Crippen LogP contribution in [0.5, 0.6) is 0 Å². The highest BCUT2D eigenvalue weighted by atomic mass is 32.2. The van der Waals surface area contributed by atoms with Gasteiger partial charge in [0.15, 0.2) is 0 Å². The first kappa shape index (κ1) is 23.9. The summed E-state index contributed by atoms with van der Waals surface area (Å²) in [7, 11) is -4.01. The molecular formula is C19H41NO3S. The average Bonchev–Trinajstić information content (AvgIpc) is 2.49. The Labute approximate surface area is 150 Å². The minimum Gasteiger partial charge on any atom is -0.294 e. The largest absolute Gasteiger partial charge is 0.294 e. The molecule has 0 fully saturated rings. The normalized spacial score (nSPS) is 14.0. The molecule has 0 amide bonds. The van der Waals surface area contributed by atoms with Gasteiger partial charge < -0.3 is 0 Å². The molecule has 0 bridgehead atoms. The highest BCUT2D eigenvalue weighted by molar-refractivity contribution is 7.86. The number of nitrogens with one attached hydrogen (secondary N) is 1. The molecular weight excluding hydrogens is 322 g/mol. The Hall–Kier alpha value is -0.130. The summed E-state index contributed by atoms with van der Waals surface area (Å²) in [6.07, 6.45) is 15.7. The average molecular weight is 364 g/mol. The molecule has 0 aromatic heterocycles. The van der Waals surface area contributed by atoms with Crippen molar-refractivity contribution < 1.29 is 13.0 Å².